The summed E-state index contributed by atoms with van der Waals surface area (Å²) in [6.45, 7) is 14.2. The van der Waals surface area contributed by atoms with E-state index < -0.39 is 77.8 Å². The molecule has 2 heterocycles. The lowest BCUT2D eigenvalue weighted by molar-refractivity contribution is -0.299. The van der Waals surface area contributed by atoms with Crippen molar-refractivity contribution in [2.75, 3.05) is 34.8 Å². The molecule has 2 fully saturated rings. The van der Waals surface area contributed by atoms with Gasteiger partial charge in [-0.05, 0) is 80.9 Å². The van der Waals surface area contributed by atoms with Gasteiger partial charge in [0, 0.05) is 18.5 Å². The number of nitrogens with zero attached hydrogens (tertiary/aromatic N) is 2. The van der Waals surface area contributed by atoms with E-state index in [0.29, 0.717) is 13.0 Å². The smallest absolute Gasteiger partial charge is 0.333 e. The topological polar surface area (TPSA) is 168 Å². The molecule has 0 bridgehead atoms. The molecule has 0 aromatic rings. The zero-order valence-electron chi connectivity index (χ0n) is 30.5. The van der Waals surface area contributed by atoms with Gasteiger partial charge in [-0.3, -0.25) is 4.79 Å². The van der Waals surface area contributed by atoms with E-state index in [9.17, 15) is 30.0 Å². The minimum atomic E-state index is -1.77. The molecule has 0 spiro atoms. The summed E-state index contributed by atoms with van der Waals surface area (Å²) in [5.74, 6) is -3.38. The molecule has 4 N–H and O–H groups in total. The Morgan fingerprint density at radius 3 is 2.30 bits per heavy atom. The second-order valence-electron chi connectivity index (χ2n) is 14.6. The fourth-order valence-electron chi connectivity index (χ4n) is 7.12. The van der Waals surface area contributed by atoms with Crippen LogP contribution >= 0.6 is 0 Å². The normalized spacial score (nSPS) is 43.6. The Kier molecular flexibility index (Phi) is 15.1. The number of hydrogen-bond donors (Lipinski definition) is 4. The summed E-state index contributed by atoms with van der Waals surface area (Å²) in [6, 6.07) is -0.730. The number of methoxy groups -OCH3 is 1. The SMILES string of the molecule is CC[C@H]1OC(=O)[C@H](C)[C@@H](O)[C@H](C)[C@@H](O[C@@H]2O[C@H](C)C[C@H](N(C)C)[C@H]2O/C=C/C(=O)OC)[C@@](C)(O)C[C@@H](C)CN(C)[C@H](C)[C@@H](O)[C@]1(C)O. The maximum Gasteiger partial charge on any atom is 0.333 e. The summed E-state index contributed by atoms with van der Waals surface area (Å²) in [5.41, 5.74) is -3.32. The fraction of sp³-hybridized carbons (Fsp3) is 0.882. The molecule has 2 aliphatic rings. The van der Waals surface area contributed by atoms with Crippen LogP contribution in [0.15, 0.2) is 12.3 Å². The van der Waals surface area contributed by atoms with Crippen LogP contribution in [0.3, 0.4) is 0 Å². The van der Waals surface area contributed by atoms with Gasteiger partial charge in [0.05, 0.1) is 55.3 Å². The van der Waals surface area contributed by atoms with Crippen molar-refractivity contribution >= 4 is 11.9 Å². The van der Waals surface area contributed by atoms with Crippen molar-refractivity contribution in [2.45, 2.75) is 141 Å². The van der Waals surface area contributed by atoms with E-state index in [2.05, 4.69) is 4.74 Å². The molecule has 274 valence electrons. The number of likely N-dealkylation sites (N-methyl/N-ethyl adjacent to an activating group) is 2. The highest BCUT2D eigenvalue weighted by Gasteiger charge is 2.50. The third-order valence-electron chi connectivity index (χ3n) is 10.1. The molecule has 0 saturated carbocycles. The van der Waals surface area contributed by atoms with Crippen LogP contribution in [0.4, 0.5) is 0 Å². The van der Waals surface area contributed by atoms with Gasteiger partial charge < -0.3 is 53.9 Å². The molecule has 0 amide bonds. The van der Waals surface area contributed by atoms with Crippen molar-refractivity contribution in [1.29, 1.82) is 0 Å². The molecule has 47 heavy (non-hydrogen) atoms. The van der Waals surface area contributed by atoms with Gasteiger partial charge in [-0.2, -0.15) is 0 Å². The van der Waals surface area contributed by atoms with Crippen molar-refractivity contribution in [3.63, 3.8) is 0 Å². The van der Waals surface area contributed by atoms with Crippen LogP contribution in [-0.2, 0) is 33.3 Å². The van der Waals surface area contributed by atoms with Crippen LogP contribution in [0.5, 0.6) is 0 Å². The molecule has 13 nitrogen and oxygen atoms in total. The van der Waals surface area contributed by atoms with E-state index in [0.717, 1.165) is 6.08 Å². The first-order chi connectivity index (χ1) is 21.7. The molecule has 14 atom stereocenters. The third-order valence-corrected chi connectivity index (χ3v) is 10.1. The highest BCUT2D eigenvalue weighted by molar-refractivity contribution is 5.81. The fourth-order valence-corrected chi connectivity index (χ4v) is 7.12. The number of carbonyl (C=O) groups excluding carboxylic acids is 2. The molecular weight excluding hydrogens is 612 g/mol. The molecular formula is C34H62N2O11. The first-order valence-corrected chi connectivity index (χ1v) is 16.8. The molecule has 0 radical (unpaired) electrons. The standard InChI is InChI=1S/C34H62N2O11/c1-13-25-34(8,42)29(39)23(6)36(11)18-19(2)17-33(7,41)30(21(4)27(38)22(5)31(40)46-25)47-32-28(44-15-14-26(37)43-12)24(35(9)10)16-20(3)45-32/h14-15,19-25,27-30,32,38-39,41-42H,13,16-18H2,1-12H3/b15-14+/t19-,20-,21+,22-,23-,24+,25-,27+,28-,29-,30-,32+,33+,34-/m1/s1. The van der Waals surface area contributed by atoms with Crippen molar-refractivity contribution in [2.24, 2.45) is 17.8 Å². The Balaban J connectivity index is 2.59. The molecule has 0 unspecified atom stereocenters. The number of esters is 2. The molecule has 2 rings (SSSR count). The van der Waals surface area contributed by atoms with Crippen molar-refractivity contribution in [1.82, 2.24) is 9.80 Å². The van der Waals surface area contributed by atoms with Gasteiger partial charge in [-0.1, -0.05) is 20.8 Å². The number of carbonyl (C=O) groups is 2. The Morgan fingerprint density at radius 2 is 1.74 bits per heavy atom. The van der Waals surface area contributed by atoms with Crippen molar-refractivity contribution < 1.29 is 53.7 Å². The summed E-state index contributed by atoms with van der Waals surface area (Å²) in [5, 5.41) is 46.5. The van der Waals surface area contributed by atoms with E-state index in [1.165, 1.54) is 27.2 Å². The minimum absolute atomic E-state index is 0.136. The summed E-state index contributed by atoms with van der Waals surface area (Å²) >= 11 is 0. The van der Waals surface area contributed by atoms with E-state index in [-0.39, 0.29) is 30.9 Å². The molecule has 2 aliphatic heterocycles. The van der Waals surface area contributed by atoms with E-state index in [4.69, 9.17) is 18.9 Å². The van der Waals surface area contributed by atoms with Gasteiger partial charge in [-0.15, -0.1) is 0 Å². The number of cyclic esters (lactones) is 1. The molecule has 0 aliphatic carbocycles. The van der Waals surface area contributed by atoms with E-state index in [1.807, 2.05) is 44.8 Å². The maximum atomic E-state index is 13.5. The van der Waals surface area contributed by atoms with Crippen LogP contribution in [0.25, 0.3) is 0 Å². The summed E-state index contributed by atoms with van der Waals surface area (Å²) in [4.78, 5) is 29.1. The third kappa shape index (κ3) is 10.3. The van der Waals surface area contributed by atoms with Crippen LogP contribution in [0.1, 0.15) is 74.7 Å². The van der Waals surface area contributed by atoms with Gasteiger partial charge in [0.2, 0.25) is 0 Å². The molecule has 13 heteroatoms. The highest BCUT2D eigenvalue weighted by Crippen LogP contribution is 2.37. The average Bonchev–Trinajstić information content (AvgIpc) is 2.99. The second-order valence-corrected chi connectivity index (χ2v) is 14.6. The number of aliphatic hydroxyl groups is 4. The monoisotopic (exact) mass is 674 g/mol. The quantitative estimate of drug-likeness (QED) is 0.175. The van der Waals surface area contributed by atoms with Gasteiger partial charge in [-0.25, -0.2) is 4.79 Å². The Bertz CT molecular complexity index is 1040. The number of hydrogen-bond acceptors (Lipinski definition) is 13. The first kappa shape index (κ1) is 41.3. The summed E-state index contributed by atoms with van der Waals surface area (Å²) in [6.07, 6.45) is -3.28. The largest absolute Gasteiger partial charge is 0.491 e. The molecule has 0 aromatic carbocycles. The van der Waals surface area contributed by atoms with E-state index in [1.54, 1.807) is 27.7 Å². The first-order valence-electron chi connectivity index (χ1n) is 16.8. The second kappa shape index (κ2) is 17.2. The predicted molar refractivity (Wildman–Crippen MR) is 175 cm³/mol. The van der Waals surface area contributed by atoms with Crippen LogP contribution in [0, 0.1) is 17.8 Å². The highest BCUT2D eigenvalue weighted by atomic mass is 16.7. The van der Waals surface area contributed by atoms with Crippen LogP contribution < -0.4 is 0 Å². The summed E-state index contributed by atoms with van der Waals surface area (Å²) < 4.78 is 29.4. The summed E-state index contributed by atoms with van der Waals surface area (Å²) in [7, 11) is 6.89. The number of ether oxygens (including phenoxy) is 5. The minimum Gasteiger partial charge on any atom is -0.491 e. The van der Waals surface area contributed by atoms with E-state index >= 15 is 0 Å². The Labute approximate surface area is 281 Å². The van der Waals surface area contributed by atoms with Gasteiger partial charge >= 0.3 is 11.9 Å². The van der Waals surface area contributed by atoms with Gasteiger partial charge in [0.25, 0.3) is 0 Å². The lowest BCUT2D eigenvalue weighted by Crippen LogP contribution is -2.59. The van der Waals surface area contributed by atoms with Gasteiger partial charge in [0.1, 0.15) is 17.8 Å². The van der Waals surface area contributed by atoms with Crippen LogP contribution in [0.2, 0.25) is 0 Å². The predicted octanol–water partition coefficient (Wildman–Crippen LogP) is 1.69. The van der Waals surface area contributed by atoms with Crippen molar-refractivity contribution in [3.05, 3.63) is 12.3 Å². The number of rotatable bonds is 7. The molecule has 2 saturated heterocycles. The Hall–Kier alpha value is -1.84. The Morgan fingerprint density at radius 1 is 1.13 bits per heavy atom. The van der Waals surface area contributed by atoms with Gasteiger partial charge in [0.15, 0.2) is 12.4 Å². The zero-order chi connectivity index (χ0) is 36.0. The lowest BCUT2D eigenvalue weighted by atomic mass is 9.78. The lowest BCUT2D eigenvalue weighted by Gasteiger charge is -2.47. The van der Waals surface area contributed by atoms with Crippen LogP contribution in [-0.4, -0.2) is 143 Å². The maximum absolute atomic E-state index is 13.5. The van der Waals surface area contributed by atoms with Crippen molar-refractivity contribution in [3.8, 4) is 0 Å². The number of aliphatic hydroxyl groups excluding tert-OH is 2. The average molecular weight is 675 g/mol. The zero-order valence-corrected chi connectivity index (χ0v) is 30.5. The molecule has 0 aromatic heterocycles.